The Morgan fingerprint density at radius 1 is 1.20 bits per heavy atom. The minimum Gasteiger partial charge on any atom is -0.481 e. The fourth-order valence-electron chi connectivity index (χ4n) is 1.26. The Bertz CT molecular complexity index is 511. The summed E-state index contributed by atoms with van der Waals surface area (Å²) in [6, 6.07) is 1.92. The Morgan fingerprint density at radius 2 is 1.75 bits per heavy atom. The molecule has 0 aliphatic carbocycles. The second-order valence-electron chi connectivity index (χ2n) is 3.87. The van der Waals surface area contributed by atoms with Crippen LogP contribution < -0.4 is 10.5 Å². The molecule has 112 valence electrons. The zero-order valence-corrected chi connectivity index (χ0v) is 10.8. The van der Waals surface area contributed by atoms with E-state index >= 15 is 0 Å². The van der Waals surface area contributed by atoms with Gasteiger partial charge in [0.25, 0.3) is 0 Å². The topological polar surface area (TPSA) is 35.2 Å². The molecule has 0 spiro atoms. The largest absolute Gasteiger partial charge is 0.481 e. The number of hydrogen-bond donors (Lipinski definition) is 1. The maximum atomic E-state index is 12.5. The Morgan fingerprint density at radius 3 is 2.15 bits per heavy atom. The van der Waals surface area contributed by atoms with Gasteiger partial charge in [-0.3, -0.25) is 0 Å². The third kappa shape index (κ3) is 3.99. The van der Waals surface area contributed by atoms with E-state index < -0.39 is 40.3 Å². The van der Waals surface area contributed by atoms with Crippen molar-refractivity contribution < 1.29 is 31.1 Å². The van der Waals surface area contributed by atoms with E-state index in [1.54, 1.807) is 0 Å². The SMILES string of the molecule is CC(Oc1ccc(C(F)(F)F)cc1C(N)=S)C(F)(F)F. The summed E-state index contributed by atoms with van der Waals surface area (Å²) in [4.78, 5) is -0.486. The van der Waals surface area contributed by atoms with E-state index in [9.17, 15) is 26.3 Å². The average Bonchev–Trinajstić information content (AvgIpc) is 2.26. The first-order chi connectivity index (χ1) is 8.93. The maximum absolute atomic E-state index is 12.5. The van der Waals surface area contributed by atoms with Crippen molar-refractivity contribution >= 4 is 17.2 Å². The highest BCUT2D eigenvalue weighted by molar-refractivity contribution is 7.80. The molecule has 1 aromatic carbocycles. The fourth-order valence-corrected chi connectivity index (χ4v) is 1.42. The van der Waals surface area contributed by atoms with Gasteiger partial charge in [-0.15, -0.1) is 0 Å². The summed E-state index contributed by atoms with van der Waals surface area (Å²) in [6.07, 6.45) is -11.5. The molecule has 0 heterocycles. The summed E-state index contributed by atoms with van der Waals surface area (Å²) >= 11 is 4.53. The standard InChI is InChI=1S/C11H9F6NOS/c1-5(10(12,13)14)19-8-3-2-6(11(15,16)17)4-7(8)9(18)20/h2-5H,1H3,(H2,18,20). The molecule has 20 heavy (non-hydrogen) atoms. The van der Waals surface area contributed by atoms with E-state index in [-0.39, 0.29) is 0 Å². The van der Waals surface area contributed by atoms with Crippen molar-refractivity contribution in [3.8, 4) is 5.75 Å². The van der Waals surface area contributed by atoms with Gasteiger partial charge in [-0.25, -0.2) is 0 Å². The van der Waals surface area contributed by atoms with Crippen LogP contribution in [-0.4, -0.2) is 17.3 Å². The van der Waals surface area contributed by atoms with Gasteiger partial charge in [0.15, 0.2) is 6.10 Å². The van der Waals surface area contributed by atoms with E-state index in [0.29, 0.717) is 12.1 Å². The number of thiocarbonyl (C=S) groups is 1. The molecular formula is C11H9F6NOS. The summed E-state index contributed by atoms with van der Waals surface area (Å²) < 4.78 is 79.2. The number of alkyl halides is 6. The van der Waals surface area contributed by atoms with E-state index in [2.05, 4.69) is 17.0 Å². The lowest BCUT2D eigenvalue weighted by atomic mass is 10.1. The van der Waals surface area contributed by atoms with Gasteiger partial charge in [0.2, 0.25) is 0 Å². The van der Waals surface area contributed by atoms with Crippen LogP contribution in [0.5, 0.6) is 5.75 Å². The first-order valence-electron chi connectivity index (χ1n) is 5.17. The van der Waals surface area contributed by atoms with Gasteiger partial charge < -0.3 is 10.5 Å². The van der Waals surface area contributed by atoms with Crippen molar-refractivity contribution in [2.75, 3.05) is 0 Å². The van der Waals surface area contributed by atoms with Crippen LogP contribution in [0.25, 0.3) is 0 Å². The molecule has 0 amide bonds. The van der Waals surface area contributed by atoms with Gasteiger partial charge in [-0.2, -0.15) is 26.3 Å². The number of halogens is 6. The molecule has 1 rings (SSSR count). The molecule has 0 radical (unpaired) electrons. The molecule has 1 unspecified atom stereocenters. The van der Waals surface area contributed by atoms with Crippen molar-refractivity contribution in [2.24, 2.45) is 5.73 Å². The van der Waals surface area contributed by atoms with Crippen LogP contribution in [0.4, 0.5) is 26.3 Å². The Kier molecular flexibility index (Phi) is 4.52. The number of hydrogen-bond acceptors (Lipinski definition) is 2. The smallest absolute Gasteiger partial charge is 0.425 e. The lowest BCUT2D eigenvalue weighted by molar-refractivity contribution is -0.189. The number of benzene rings is 1. The highest BCUT2D eigenvalue weighted by Gasteiger charge is 2.39. The normalized spacial score (nSPS) is 13.9. The van der Waals surface area contributed by atoms with Gasteiger partial charge in [-0.1, -0.05) is 12.2 Å². The van der Waals surface area contributed by atoms with E-state index in [1.165, 1.54) is 0 Å². The van der Waals surface area contributed by atoms with Crippen LogP contribution in [0.2, 0.25) is 0 Å². The maximum Gasteiger partial charge on any atom is 0.425 e. The van der Waals surface area contributed by atoms with Gasteiger partial charge in [0, 0.05) is 0 Å². The van der Waals surface area contributed by atoms with Gasteiger partial charge in [0.05, 0.1) is 11.1 Å². The Hall–Kier alpha value is -1.51. The van der Waals surface area contributed by atoms with E-state index in [4.69, 9.17) is 5.73 Å². The third-order valence-electron chi connectivity index (χ3n) is 2.34. The summed E-state index contributed by atoms with van der Waals surface area (Å²) in [5.41, 5.74) is 3.74. The van der Waals surface area contributed by atoms with E-state index in [0.717, 1.165) is 13.0 Å². The third-order valence-corrected chi connectivity index (χ3v) is 2.56. The second kappa shape index (κ2) is 5.47. The van der Waals surface area contributed by atoms with Crippen molar-refractivity contribution in [1.29, 1.82) is 0 Å². The van der Waals surface area contributed by atoms with Gasteiger partial charge in [0.1, 0.15) is 10.7 Å². The minimum absolute atomic E-state index is 0.397. The number of nitrogens with two attached hydrogens (primary N) is 1. The molecule has 2 N–H and O–H groups in total. The molecule has 0 bridgehead atoms. The molecule has 0 fully saturated rings. The summed E-state index contributed by atoms with van der Waals surface area (Å²) in [5.74, 6) is -0.449. The van der Waals surface area contributed by atoms with Crippen molar-refractivity contribution in [3.05, 3.63) is 29.3 Å². The monoisotopic (exact) mass is 317 g/mol. The average molecular weight is 317 g/mol. The first kappa shape index (κ1) is 16.5. The molecule has 1 atom stereocenters. The van der Waals surface area contributed by atoms with Crippen molar-refractivity contribution in [1.82, 2.24) is 0 Å². The predicted octanol–water partition coefficient (Wildman–Crippen LogP) is 3.67. The molecule has 2 nitrogen and oxygen atoms in total. The predicted molar refractivity (Wildman–Crippen MR) is 63.5 cm³/mol. The van der Waals surface area contributed by atoms with Crippen LogP contribution in [0.15, 0.2) is 18.2 Å². The van der Waals surface area contributed by atoms with Gasteiger partial charge in [-0.05, 0) is 25.1 Å². The Balaban J connectivity index is 3.18. The van der Waals surface area contributed by atoms with Crippen LogP contribution in [-0.2, 0) is 6.18 Å². The Labute approximate surface area is 115 Å². The quantitative estimate of drug-likeness (QED) is 0.682. The zero-order chi connectivity index (χ0) is 15.7. The number of ether oxygens (including phenoxy) is 1. The lowest BCUT2D eigenvalue weighted by Gasteiger charge is -2.20. The van der Waals surface area contributed by atoms with E-state index in [1.807, 2.05) is 0 Å². The molecular weight excluding hydrogens is 308 g/mol. The molecule has 0 aliphatic heterocycles. The molecule has 0 aromatic heterocycles. The van der Waals surface area contributed by atoms with Gasteiger partial charge >= 0.3 is 12.4 Å². The fraction of sp³-hybridized carbons (Fsp3) is 0.364. The highest BCUT2D eigenvalue weighted by Crippen LogP contribution is 2.34. The first-order valence-corrected chi connectivity index (χ1v) is 5.58. The van der Waals surface area contributed by atoms with Crippen molar-refractivity contribution in [3.63, 3.8) is 0 Å². The summed E-state index contributed by atoms with van der Waals surface area (Å²) in [6.45, 7) is 0.723. The van der Waals surface area contributed by atoms with Crippen molar-refractivity contribution in [2.45, 2.75) is 25.4 Å². The molecule has 0 saturated carbocycles. The molecule has 0 aliphatic rings. The zero-order valence-electron chi connectivity index (χ0n) is 9.97. The lowest BCUT2D eigenvalue weighted by Crippen LogP contribution is -2.32. The van der Waals surface area contributed by atoms with Crippen LogP contribution in [0, 0.1) is 0 Å². The number of rotatable bonds is 3. The highest BCUT2D eigenvalue weighted by atomic mass is 32.1. The summed E-state index contributed by atoms with van der Waals surface area (Å²) in [7, 11) is 0. The minimum atomic E-state index is -4.66. The molecule has 0 saturated heterocycles. The molecule has 9 heteroatoms. The summed E-state index contributed by atoms with van der Waals surface area (Å²) in [5, 5.41) is 0. The van der Waals surface area contributed by atoms with Crippen LogP contribution >= 0.6 is 12.2 Å². The van der Waals surface area contributed by atoms with Crippen LogP contribution in [0.1, 0.15) is 18.1 Å². The van der Waals surface area contributed by atoms with Crippen LogP contribution in [0.3, 0.4) is 0 Å². The second-order valence-corrected chi connectivity index (χ2v) is 4.31. The molecule has 1 aromatic rings.